The molecule has 2 N–H and O–H groups in total. The van der Waals surface area contributed by atoms with E-state index in [9.17, 15) is 13.2 Å². The smallest absolute Gasteiger partial charge is 0.407 e. The van der Waals surface area contributed by atoms with E-state index < -0.39 is 47.6 Å². The maximum atomic E-state index is 15.6. The number of hydrogen-bond acceptors (Lipinski definition) is 12. The number of carbonyl (C=O) groups is 1. The quantitative estimate of drug-likeness (QED) is 0.0837. The molecular weight excluding hydrogens is 964 g/mol. The molecule has 0 bridgehead atoms. The van der Waals surface area contributed by atoms with Crippen molar-refractivity contribution < 1.29 is 45.1 Å². The highest BCUT2D eigenvalue weighted by Gasteiger charge is 2.41. The fourth-order valence-corrected chi connectivity index (χ4v) is 11.8. The van der Waals surface area contributed by atoms with Crippen LogP contribution in [0.2, 0.25) is 0 Å². The van der Waals surface area contributed by atoms with E-state index in [0.717, 1.165) is 5.56 Å². The first-order chi connectivity index (χ1) is 29.8. The third-order valence-corrected chi connectivity index (χ3v) is 14.9. The number of rotatable bonds is 18. The summed E-state index contributed by atoms with van der Waals surface area (Å²) in [5, 5.41) is 16.0. The second-order valence-corrected chi connectivity index (χ2v) is 21.2. The van der Waals surface area contributed by atoms with Gasteiger partial charge in [0, 0.05) is 23.1 Å². The number of nitrogens with zero attached hydrogens (tertiary/aromatic N) is 6. The fourth-order valence-electron chi connectivity index (χ4n) is 7.25. The number of aromatic nitrogens is 4. The zero-order valence-electron chi connectivity index (χ0n) is 36.4. The van der Waals surface area contributed by atoms with Gasteiger partial charge in [-0.15, -0.1) is 10.2 Å². The van der Waals surface area contributed by atoms with Crippen molar-refractivity contribution in [3.05, 3.63) is 105 Å². The number of carbonyl (C=O) groups excluding carboxylic acids is 1. The third-order valence-electron chi connectivity index (χ3n) is 10.5. The van der Waals surface area contributed by atoms with Crippen LogP contribution in [0.4, 0.5) is 4.79 Å². The average molecular weight is 1020 g/mol. The number of methoxy groups -OCH3 is 3. The highest BCUT2D eigenvalue weighted by atomic mass is 127. The van der Waals surface area contributed by atoms with Gasteiger partial charge in [0.15, 0.2) is 0 Å². The van der Waals surface area contributed by atoms with Crippen LogP contribution in [-0.2, 0) is 44.4 Å². The molecule has 1 fully saturated rings. The summed E-state index contributed by atoms with van der Waals surface area (Å²) in [5.41, 5.74) is 1.45. The van der Waals surface area contributed by atoms with Crippen molar-refractivity contribution in [1.82, 2.24) is 34.6 Å². The Morgan fingerprint density at radius 3 is 1.90 bits per heavy atom. The van der Waals surface area contributed by atoms with E-state index in [1.54, 1.807) is 109 Å². The monoisotopic (exact) mass is 1020 g/mol. The van der Waals surface area contributed by atoms with E-state index in [1.165, 1.54) is 15.2 Å². The van der Waals surface area contributed by atoms with E-state index in [-0.39, 0.29) is 31.0 Å². The van der Waals surface area contributed by atoms with Gasteiger partial charge in [0.05, 0.1) is 72.7 Å². The number of benzene rings is 4. The van der Waals surface area contributed by atoms with E-state index in [2.05, 4.69) is 25.4 Å². The normalized spacial score (nSPS) is 16.8. The summed E-state index contributed by atoms with van der Waals surface area (Å²) in [6, 6.07) is 23.6. The zero-order valence-corrected chi connectivity index (χ0v) is 40.2. The van der Waals surface area contributed by atoms with Gasteiger partial charge in [0.2, 0.25) is 25.9 Å². The van der Waals surface area contributed by atoms with Gasteiger partial charge in [0.1, 0.15) is 32.6 Å². The molecule has 2 atom stereocenters. The van der Waals surface area contributed by atoms with Crippen LogP contribution in [-0.4, -0.2) is 118 Å². The second-order valence-electron chi connectivity index (χ2n) is 16.5. The predicted molar refractivity (Wildman–Crippen MR) is 244 cm³/mol. The number of hydrogen-bond donors (Lipinski definition) is 2. The highest BCUT2D eigenvalue weighted by Crippen LogP contribution is 2.38. The lowest BCUT2D eigenvalue weighted by Gasteiger charge is -2.30. The molecule has 0 aliphatic carbocycles. The first-order valence-electron chi connectivity index (χ1n) is 20.1. The Hall–Kier alpha value is -4.87. The summed E-state index contributed by atoms with van der Waals surface area (Å²) in [5.74, 6) is 1.78. The number of halogens is 1. The van der Waals surface area contributed by atoms with Crippen LogP contribution in [0.25, 0.3) is 11.4 Å². The molecule has 4 aromatic carbocycles. The number of quaternary nitrogens is 1. The average Bonchev–Trinajstić information content (AvgIpc) is 3.85. The minimum atomic E-state index is -4.73. The minimum Gasteiger partial charge on any atom is -0.497 e. The molecule has 0 saturated carbocycles. The molecule has 0 radical (unpaired) electrons. The highest BCUT2D eigenvalue weighted by molar-refractivity contribution is 14.1. The SMILES string of the molecule is COc1ccc(CN(Cc2ccc(OC)cc2)S(=O)(=O)c2c(S(=O)(=O)N[C@@H]3CC[N+](C)(CCNC(=O)OC(C)(C)C)C3)ccc(I)c2-c2nnn(Cc3ccc(OC)cc3)n2)cc1. The van der Waals surface area contributed by atoms with E-state index >= 15 is 8.42 Å². The molecule has 20 heteroatoms. The molecule has 0 spiro atoms. The van der Waals surface area contributed by atoms with Crippen molar-refractivity contribution >= 4 is 48.7 Å². The summed E-state index contributed by atoms with van der Waals surface area (Å²) in [6.07, 6.45) is -0.0545. The Bertz CT molecular complexity index is 2540. The molecule has 1 aromatic heterocycles. The van der Waals surface area contributed by atoms with Crippen LogP contribution in [0.5, 0.6) is 17.2 Å². The van der Waals surface area contributed by atoms with E-state index in [0.29, 0.717) is 69.0 Å². The molecule has 1 unspecified atom stereocenters. The molecule has 1 amide bonds. The lowest BCUT2D eigenvalue weighted by molar-refractivity contribution is -0.896. The predicted octanol–water partition coefficient (Wildman–Crippen LogP) is 5.43. The first kappa shape index (κ1) is 47.6. The number of tetrazole rings is 1. The molecular formula is C43H54IN8O9S2+. The number of likely N-dealkylation sites (N-methyl/N-ethyl adjacent to an activating group) is 1. The van der Waals surface area contributed by atoms with Crippen LogP contribution < -0.4 is 24.2 Å². The summed E-state index contributed by atoms with van der Waals surface area (Å²) < 4.78 is 87.1. The van der Waals surface area contributed by atoms with Gasteiger partial charge in [0.25, 0.3) is 0 Å². The van der Waals surface area contributed by atoms with Crippen LogP contribution in [0.3, 0.4) is 0 Å². The fraction of sp³-hybridized carbons (Fsp3) is 0.395. The van der Waals surface area contributed by atoms with E-state index in [1.807, 2.05) is 41.8 Å². The summed E-state index contributed by atoms with van der Waals surface area (Å²) >= 11 is 1.98. The number of nitrogens with one attached hydrogen (secondary N) is 2. The van der Waals surface area contributed by atoms with Crippen LogP contribution in [0.15, 0.2) is 94.7 Å². The van der Waals surface area contributed by atoms with Crippen molar-refractivity contribution in [2.75, 3.05) is 54.6 Å². The number of sulfonamides is 2. The Kier molecular flexibility index (Phi) is 15.0. The van der Waals surface area contributed by atoms with Crippen molar-refractivity contribution in [3.8, 4) is 28.6 Å². The number of ether oxygens (including phenoxy) is 4. The number of likely N-dealkylation sites (tertiary alicyclic amines) is 1. The lowest BCUT2D eigenvalue weighted by Crippen LogP contribution is -2.49. The maximum absolute atomic E-state index is 15.6. The lowest BCUT2D eigenvalue weighted by atomic mass is 10.2. The Morgan fingerprint density at radius 2 is 1.38 bits per heavy atom. The standard InChI is InChI=1S/C43H53IN8O9S2/c1-43(2,3)61-42(53)45-23-25-52(4)24-22-33(29-52)48-62(54,55)38-21-20-37(44)39(41-46-49-51(47-41)28-32-12-18-36(60-7)19-13-32)40(38)63(56,57)50(26-30-8-14-34(58-5)15-9-30)27-31-10-16-35(59-6)17-11-31/h8-21,33,48H,22-29H2,1-7H3/p+1/t33-,52?/m1/s1. The van der Waals surface area contributed by atoms with E-state index in [4.69, 9.17) is 18.9 Å². The van der Waals surface area contributed by atoms with Crippen LogP contribution >= 0.6 is 22.6 Å². The van der Waals surface area contributed by atoms with Crippen LogP contribution in [0, 0.1) is 3.57 Å². The van der Waals surface area contributed by atoms with Crippen molar-refractivity contribution in [2.45, 2.75) is 68.3 Å². The third kappa shape index (κ3) is 12.2. The molecule has 63 heavy (non-hydrogen) atoms. The molecule has 5 aromatic rings. The summed E-state index contributed by atoms with van der Waals surface area (Å²) in [7, 11) is -2.63. The van der Waals surface area contributed by atoms with Crippen molar-refractivity contribution in [3.63, 3.8) is 0 Å². The maximum Gasteiger partial charge on any atom is 0.407 e. The van der Waals surface area contributed by atoms with Gasteiger partial charge >= 0.3 is 6.09 Å². The zero-order chi connectivity index (χ0) is 45.6. The molecule has 1 aliphatic rings. The second kappa shape index (κ2) is 19.9. The first-order valence-corrected chi connectivity index (χ1v) is 24.1. The molecule has 338 valence electrons. The Balaban J connectivity index is 1.40. The molecule has 1 aliphatic heterocycles. The largest absolute Gasteiger partial charge is 0.497 e. The van der Waals surface area contributed by atoms with Gasteiger partial charge in [-0.05, 0) is 114 Å². The van der Waals surface area contributed by atoms with Gasteiger partial charge < -0.3 is 28.7 Å². The van der Waals surface area contributed by atoms with Crippen LogP contribution in [0.1, 0.15) is 43.9 Å². The summed E-state index contributed by atoms with van der Waals surface area (Å²) in [6.45, 7) is 7.17. The Labute approximate surface area is 382 Å². The molecule has 1 saturated heterocycles. The minimum absolute atomic E-state index is 0.00539. The van der Waals surface area contributed by atoms with Gasteiger partial charge in [-0.3, -0.25) is 0 Å². The molecule has 2 heterocycles. The van der Waals surface area contributed by atoms with Gasteiger partial charge in [-0.2, -0.15) is 9.10 Å². The molecule has 17 nitrogen and oxygen atoms in total. The number of amides is 1. The molecule has 6 rings (SSSR count). The van der Waals surface area contributed by atoms with Gasteiger partial charge in [-0.25, -0.2) is 26.4 Å². The topological polar surface area (TPSA) is 193 Å². The number of alkyl carbamates (subject to hydrolysis) is 1. The van der Waals surface area contributed by atoms with Crippen molar-refractivity contribution in [1.29, 1.82) is 0 Å². The van der Waals surface area contributed by atoms with Crippen molar-refractivity contribution in [2.24, 2.45) is 0 Å². The Morgan fingerprint density at radius 1 is 0.841 bits per heavy atom. The summed E-state index contributed by atoms with van der Waals surface area (Å²) in [4.78, 5) is 12.7. The van der Waals surface area contributed by atoms with Gasteiger partial charge in [-0.1, -0.05) is 36.4 Å².